The van der Waals surface area contributed by atoms with Gasteiger partial charge < -0.3 is 4.57 Å². The van der Waals surface area contributed by atoms with Gasteiger partial charge in [-0.3, -0.25) is 0 Å². The van der Waals surface area contributed by atoms with Crippen molar-refractivity contribution in [3.05, 3.63) is 210 Å². The lowest BCUT2D eigenvalue weighted by Crippen LogP contribution is -2.31. The smallest absolute Gasteiger partial charge is 0.160 e. The van der Waals surface area contributed by atoms with Crippen LogP contribution in [0.15, 0.2) is 198 Å². The Morgan fingerprint density at radius 3 is 1.89 bits per heavy atom. The van der Waals surface area contributed by atoms with E-state index in [0.29, 0.717) is 5.82 Å². The van der Waals surface area contributed by atoms with Crippen molar-refractivity contribution in [1.29, 1.82) is 0 Å². The van der Waals surface area contributed by atoms with E-state index in [0.717, 1.165) is 33.4 Å². The molecule has 0 atom stereocenters. The zero-order valence-corrected chi connectivity index (χ0v) is 30.5. The van der Waals surface area contributed by atoms with Crippen molar-refractivity contribution in [2.75, 3.05) is 0 Å². The highest BCUT2D eigenvalue weighted by atomic mass is 32.2. The van der Waals surface area contributed by atoms with Gasteiger partial charge in [0, 0.05) is 42.8 Å². The molecule has 0 fully saturated rings. The number of para-hydroxylation sites is 2. The van der Waals surface area contributed by atoms with Gasteiger partial charge in [-0.1, -0.05) is 151 Å². The van der Waals surface area contributed by atoms with Crippen molar-refractivity contribution >= 4 is 44.5 Å². The van der Waals surface area contributed by atoms with Gasteiger partial charge in [-0.25, -0.2) is 9.97 Å². The van der Waals surface area contributed by atoms with Crippen molar-refractivity contribution in [2.24, 2.45) is 0 Å². The Morgan fingerprint density at radius 2 is 1.07 bits per heavy atom. The number of hydrogen-bond donors (Lipinski definition) is 0. The lowest BCUT2D eigenvalue weighted by molar-refractivity contribution is 0.723. The molecule has 8 aromatic carbocycles. The van der Waals surface area contributed by atoms with Crippen LogP contribution in [0.3, 0.4) is 0 Å². The number of hydrogen-bond acceptors (Lipinski definition) is 3. The van der Waals surface area contributed by atoms with Crippen molar-refractivity contribution in [2.45, 2.75) is 15.2 Å². The highest BCUT2D eigenvalue weighted by Gasteiger charge is 2.50. The maximum atomic E-state index is 5.24. The fourth-order valence-corrected chi connectivity index (χ4v) is 10.6. The second-order valence-electron chi connectivity index (χ2n) is 14.5. The monoisotopic (exact) mass is 717 g/mol. The Balaban J connectivity index is 1.14. The van der Waals surface area contributed by atoms with Gasteiger partial charge in [-0.15, -0.1) is 0 Å². The predicted octanol–water partition coefficient (Wildman–Crippen LogP) is 12.9. The molecule has 0 saturated heterocycles. The summed E-state index contributed by atoms with van der Waals surface area (Å²) in [4.78, 5) is 13.0. The molecule has 0 bridgehead atoms. The second-order valence-corrected chi connectivity index (χ2v) is 15.6. The number of rotatable bonds is 3. The summed E-state index contributed by atoms with van der Waals surface area (Å²) >= 11 is 1.88. The van der Waals surface area contributed by atoms with Crippen LogP contribution in [0, 0.1) is 0 Å². The molecule has 10 aromatic rings. The number of nitrogens with zero attached hydrogens (tertiary/aromatic N) is 3. The van der Waals surface area contributed by atoms with Crippen molar-refractivity contribution in [1.82, 2.24) is 14.5 Å². The van der Waals surface area contributed by atoms with Crippen LogP contribution in [0.4, 0.5) is 0 Å². The van der Waals surface area contributed by atoms with Gasteiger partial charge in [0.05, 0.1) is 27.7 Å². The summed E-state index contributed by atoms with van der Waals surface area (Å²) in [7, 11) is 0. The standard InChI is InChI=1S/C51H31N3S/c1-2-15-32(16-3-1)49-37-21-5-10-25-44(37)52-50(53-49)33-17-14-18-34(29-33)54-45-26-11-6-20-36(45)39-30-38-35-19-4-7-22-40(35)51(43(38)31-46(39)54)41-23-8-12-27-47(41)55-48-28-13-9-24-42(48)51/h1-31H. The van der Waals surface area contributed by atoms with Crippen LogP contribution in [0.2, 0.25) is 0 Å². The average Bonchev–Trinajstić information content (AvgIpc) is 3.73. The minimum atomic E-state index is -0.450. The Kier molecular flexibility index (Phi) is 6.48. The van der Waals surface area contributed by atoms with Crippen LogP contribution in [-0.4, -0.2) is 14.5 Å². The lowest BCUT2D eigenvalue weighted by Gasteiger charge is -2.39. The van der Waals surface area contributed by atoms with Crippen LogP contribution in [0.25, 0.3) is 72.2 Å². The summed E-state index contributed by atoms with van der Waals surface area (Å²) in [6.45, 7) is 0. The van der Waals surface area contributed by atoms with Gasteiger partial charge in [0.2, 0.25) is 0 Å². The van der Waals surface area contributed by atoms with Crippen LogP contribution in [-0.2, 0) is 5.41 Å². The maximum Gasteiger partial charge on any atom is 0.160 e. The van der Waals surface area contributed by atoms with Gasteiger partial charge in [-0.2, -0.15) is 0 Å². The first-order chi connectivity index (χ1) is 27.3. The summed E-state index contributed by atoms with van der Waals surface area (Å²) in [6.07, 6.45) is 0. The Bertz CT molecular complexity index is 3150. The number of benzene rings is 8. The van der Waals surface area contributed by atoms with E-state index in [-0.39, 0.29) is 0 Å². The van der Waals surface area contributed by atoms with Gasteiger partial charge in [0.25, 0.3) is 0 Å². The van der Waals surface area contributed by atoms with Gasteiger partial charge in [-0.05, 0) is 81.9 Å². The zero-order chi connectivity index (χ0) is 36.1. The molecule has 0 unspecified atom stereocenters. The van der Waals surface area contributed by atoms with E-state index < -0.39 is 5.41 Å². The summed E-state index contributed by atoms with van der Waals surface area (Å²) < 4.78 is 2.44. The minimum absolute atomic E-state index is 0.450. The molecular weight excluding hydrogens is 687 g/mol. The Morgan fingerprint density at radius 1 is 0.418 bits per heavy atom. The van der Waals surface area contributed by atoms with Gasteiger partial charge in [0.1, 0.15) is 0 Å². The van der Waals surface area contributed by atoms with Crippen molar-refractivity contribution in [3.8, 4) is 39.5 Å². The molecule has 2 aromatic heterocycles. The molecule has 3 heterocycles. The minimum Gasteiger partial charge on any atom is -0.309 e. The SMILES string of the molecule is c1ccc(-c2nc(-c3cccc(-n4c5ccccc5c5cc6c(cc54)C4(c5ccccc5Sc5ccccc54)c4ccccc4-6)c3)nc3ccccc23)cc1. The molecule has 1 aliphatic carbocycles. The fourth-order valence-electron chi connectivity index (χ4n) is 9.40. The van der Waals surface area contributed by atoms with E-state index in [1.165, 1.54) is 65.0 Å². The average molecular weight is 718 g/mol. The normalized spacial score (nSPS) is 13.5. The number of fused-ring (bicyclic) bond motifs is 13. The van der Waals surface area contributed by atoms with Crippen LogP contribution >= 0.6 is 11.8 Å². The van der Waals surface area contributed by atoms with Gasteiger partial charge >= 0.3 is 0 Å². The molecule has 1 aliphatic heterocycles. The maximum absolute atomic E-state index is 5.24. The molecule has 3 nitrogen and oxygen atoms in total. The first-order valence-corrected chi connectivity index (χ1v) is 19.6. The van der Waals surface area contributed by atoms with Crippen molar-refractivity contribution < 1.29 is 0 Å². The first kappa shape index (κ1) is 30.7. The molecule has 0 radical (unpaired) electrons. The molecule has 55 heavy (non-hydrogen) atoms. The Labute approximate surface area is 322 Å². The summed E-state index contributed by atoms with van der Waals surface area (Å²) in [5.74, 6) is 0.711. The first-order valence-electron chi connectivity index (χ1n) is 18.7. The molecule has 0 N–H and O–H groups in total. The highest BCUT2D eigenvalue weighted by molar-refractivity contribution is 7.99. The van der Waals surface area contributed by atoms with Crippen LogP contribution in [0.5, 0.6) is 0 Å². The largest absolute Gasteiger partial charge is 0.309 e. The van der Waals surface area contributed by atoms with E-state index in [1.54, 1.807) is 0 Å². The third-order valence-electron chi connectivity index (χ3n) is 11.7. The van der Waals surface area contributed by atoms with E-state index in [9.17, 15) is 0 Å². The molecule has 12 rings (SSSR count). The lowest BCUT2D eigenvalue weighted by atomic mass is 9.67. The second kappa shape index (κ2) is 11.6. The van der Waals surface area contributed by atoms with E-state index in [1.807, 2.05) is 23.9 Å². The summed E-state index contributed by atoms with van der Waals surface area (Å²) in [5.41, 5.74) is 14.9. The third-order valence-corrected chi connectivity index (χ3v) is 12.8. The van der Waals surface area contributed by atoms with Crippen LogP contribution in [0.1, 0.15) is 22.3 Å². The molecule has 256 valence electrons. The van der Waals surface area contributed by atoms with E-state index in [2.05, 4.69) is 180 Å². The molecule has 1 spiro atoms. The van der Waals surface area contributed by atoms with Crippen molar-refractivity contribution in [3.63, 3.8) is 0 Å². The third kappa shape index (κ3) is 4.29. The molecule has 2 aliphatic rings. The highest BCUT2D eigenvalue weighted by Crippen LogP contribution is 2.62. The van der Waals surface area contributed by atoms with E-state index in [4.69, 9.17) is 9.97 Å². The molecule has 4 heteroatoms. The van der Waals surface area contributed by atoms with Gasteiger partial charge in [0.15, 0.2) is 5.82 Å². The summed E-state index contributed by atoms with van der Waals surface area (Å²) in [6, 6.07) is 68.3. The molecule has 0 saturated carbocycles. The zero-order valence-electron chi connectivity index (χ0n) is 29.6. The predicted molar refractivity (Wildman–Crippen MR) is 226 cm³/mol. The summed E-state index contributed by atoms with van der Waals surface area (Å²) in [5, 5.41) is 3.52. The Hall–Kier alpha value is -6.75. The topological polar surface area (TPSA) is 30.7 Å². The molecular formula is C51H31N3S. The fraction of sp³-hybridized carbons (Fsp3) is 0.0196. The van der Waals surface area contributed by atoms with Crippen LogP contribution < -0.4 is 0 Å². The molecule has 0 amide bonds. The van der Waals surface area contributed by atoms with E-state index >= 15 is 0 Å². The quantitative estimate of drug-likeness (QED) is 0.182. The number of aromatic nitrogens is 3.